The third kappa shape index (κ3) is 2.94. The predicted molar refractivity (Wildman–Crippen MR) is 59.2 cm³/mol. The maximum atomic E-state index is 11.9. The van der Waals surface area contributed by atoms with E-state index in [2.05, 4.69) is 5.32 Å². The van der Waals surface area contributed by atoms with Crippen molar-refractivity contribution in [2.75, 3.05) is 39.4 Å². The highest BCUT2D eigenvalue weighted by Crippen LogP contribution is 2.15. The van der Waals surface area contributed by atoms with Crippen LogP contribution in [-0.2, 0) is 14.3 Å². The lowest BCUT2D eigenvalue weighted by Crippen LogP contribution is -2.60. The summed E-state index contributed by atoms with van der Waals surface area (Å²) in [6.45, 7) is 4.92. The number of nitrogens with one attached hydrogen (secondary N) is 1. The number of amides is 1. The van der Waals surface area contributed by atoms with Gasteiger partial charge in [0.25, 0.3) is 0 Å². The van der Waals surface area contributed by atoms with E-state index in [9.17, 15) is 4.79 Å². The molecule has 0 aliphatic carbocycles. The lowest BCUT2D eigenvalue weighted by atomic mass is 10.0. The molecule has 2 fully saturated rings. The number of hydrogen-bond acceptors (Lipinski definition) is 5. The molecule has 6 heteroatoms. The number of hydrogen-bond donors (Lipinski definition) is 1. The number of carbonyl (C=O) groups is 1. The highest BCUT2D eigenvalue weighted by atomic mass is 16.5. The zero-order valence-electron chi connectivity index (χ0n) is 9.94. The number of carbonyl (C=O) groups excluding carboxylic acids is 1. The minimum absolute atomic E-state index is 0.0679. The maximum Gasteiger partial charge on any atom is 0.248 e. The second kappa shape index (κ2) is 5.00. The number of nitriles is 1. The molecule has 1 amide bonds. The molecular formula is C11H17N3O3. The van der Waals surface area contributed by atoms with Crippen LogP contribution in [0.1, 0.15) is 6.92 Å². The van der Waals surface area contributed by atoms with Gasteiger partial charge in [0, 0.05) is 19.6 Å². The summed E-state index contributed by atoms with van der Waals surface area (Å²) in [6.07, 6.45) is -0.506. The van der Waals surface area contributed by atoms with E-state index in [1.165, 1.54) is 0 Å². The molecule has 0 bridgehead atoms. The quantitative estimate of drug-likeness (QED) is 0.692. The van der Waals surface area contributed by atoms with Crippen molar-refractivity contribution in [1.29, 1.82) is 5.26 Å². The molecule has 2 aliphatic heterocycles. The fourth-order valence-corrected chi connectivity index (χ4v) is 1.86. The minimum Gasteiger partial charge on any atom is -0.363 e. The fraction of sp³-hybridized carbons (Fsp3) is 0.818. The van der Waals surface area contributed by atoms with Crippen molar-refractivity contribution in [1.82, 2.24) is 10.2 Å². The molecule has 1 N–H and O–H groups in total. The molecule has 2 saturated heterocycles. The fourth-order valence-electron chi connectivity index (χ4n) is 1.86. The molecule has 1 unspecified atom stereocenters. The van der Waals surface area contributed by atoms with Crippen molar-refractivity contribution in [2.24, 2.45) is 0 Å². The molecule has 0 aromatic rings. The first-order chi connectivity index (χ1) is 8.13. The summed E-state index contributed by atoms with van der Waals surface area (Å²) in [7, 11) is 0. The van der Waals surface area contributed by atoms with E-state index in [0.29, 0.717) is 19.7 Å². The minimum atomic E-state index is -0.506. The first-order valence-corrected chi connectivity index (χ1v) is 5.77. The monoisotopic (exact) mass is 239 g/mol. The van der Waals surface area contributed by atoms with E-state index in [4.69, 9.17) is 14.7 Å². The Balaban J connectivity index is 1.77. The molecule has 0 aromatic heterocycles. The Kier molecular flexibility index (Phi) is 3.62. The normalized spacial score (nSPS) is 27.1. The van der Waals surface area contributed by atoms with Gasteiger partial charge in [-0.2, -0.15) is 5.26 Å². The molecule has 6 nitrogen and oxygen atoms in total. The molecule has 0 saturated carbocycles. The molecule has 0 radical (unpaired) electrons. The van der Waals surface area contributed by atoms with Gasteiger partial charge in [0.15, 0.2) is 6.10 Å². The van der Waals surface area contributed by atoms with Crippen LogP contribution in [0.5, 0.6) is 0 Å². The van der Waals surface area contributed by atoms with Crippen LogP contribution in [-0.4, -0.2) is 61.9 Å². The van der Waals surface area contributed by atoms with Gasteiger partial charge in [0.05, 0.1) is 24.8 Å². The summed E-state index contributed by atoms with van der Waals surface area (Å²) in [5, 5.41) is 11.9. The van der Waals surface area contributed by atoms with Crippen LogP contribution in [0.3, 0.4) is 0 Å². The van der Waals surface area contributed by atoms with Gasteiger partial charge in [0.1, 0.15) is 6.61 Å². The molecule has 0 aromatic carbocycles. The standard InChI is InChI=1S/C11H17N3O3/c1-11(7-13-8-11)17-6-10(15)14-2-3-16-9(4-12)5-14/h9,13H,2-3,5-8H2,1H3. The summed E-state index contributed by atoms with van der Waals surface area (Å²) in [5.74, 6) is -0.0679. The van der Waals surface area contributed by atoms with E-state index in [1.54, 1.807) is 4.90 Å². The third-order valence-electron chi connectivity index (χ3n) is 3.11. The van der Waals surface area contributed by atoms with Crippen molar-refractivity contribution in [2.45, 2.75) is 18.6 Å². The predicted octanol–water partition coefficient (Wildman–Crippen LogP) is -0.884. The summed E-state index contributed by atoms with van der Waals surface area (Å²) in [6, 6.07) is 2.02. The van der Waals surface area contributed by atoms with Crippen LogP contribution in [0.2, 0.25) is 0 Å². The summed E-state index contributed by atoms with van der Waals surface area (Å²) >= 11 is 0. The number of morpholine rings is 1. The Labute approximate surface area is 100 Å². The number of nitrogens with zero attached hydrogens (tertiary/aromatic N) is 2. The van der Waals surface area contributed by atoms with Crippen molar-refractivity contribution >= 4 is 5.91 Å². The van der Waals surface area contributed by atoms with Gasteiger partial charge < -0.3 is 19.7 Å². The van der Waals surface area contributed by atoms with Crippen LogP contribution >= 0.6 is 0 Å². The van der Waals surface area contributed by atoms with E-state index in [1.807, 2.05) is 13.0 Å². The lowest BCUT2D eigenvalue weighted by Gasteiger charge is -2.39. The van der Waals surface area contributed by atoms with Gasteiger partial charge in [-0.05, 0) is 6.92 Å². The molecular weight excluding hydrogens is 222 g/mol. The van der Waals surface area contributed by atoms with Gasteiger partial charge in [-0.3, -0.25) is 4.79 Å². The molecule has 17 heavy (non-hydrogen) atoms. The average Bonchev–Trinajstić information content (AvgIpc) is 2.33. The third-order valence-corrected chi connectivity index (χ3v) is 3.11. The zero-order valence-corrected chi connectivity index (χ0v) is 9.94. The first kappa shape index (κ1) is 12.3. The van der Waals surface area contributed by atoms with Crippen LogP contribution in [0.15, 0.2) is 0 Å². The largest absolute Gasteiger partial charge is 0.363 e. The van der Waals surface area contributed by atoms with Crippen LogP contribution in [0, 0.1) is 11.3 Å². The van der Waals surface area contributed by atoms with Crippen LogP contribution in [0.25, 0.3) is 0 Å². The zero-order chi connectivity index (χ0) is 12.3. The van der Waals surface area contributed by atoms with Gasteiger partial charge in [-0.15, -0.1) is 0 Å². The Morgan fingerprint density at radius 3 is 3.06 bits per heavy atom. The van der Waals surface area contributed by atoms with Crippen molar-refractivity contribution < 1.29 is 14.3 Å². The van der Waals surface area contributed by atoms with Gasteiger partial charge in [0.2, 0.25) is 5.91 Å². The Morgan fingerprint density at radius 1 is 1.71 bits per heavy atom. The maximum absolute atomic E-state index is 11.9. The first-order valence-electron chi connectivity index (χ1n) is 5.77. The Bertz CT molecular complexity index is 335. The van der Waals surface area contributed by atoms with Gasteiger partial charge in [-0.25, -0.2) is 0 Å². The highest BCUT2D eigenvalue weighted by molar-refractivity contribution is 5.77. The summed E-state index contributed by atoms with van der Waals surface area (Å²) in [4.78, 5) is 13.5. The van der Waals surface area contributed by atoms with E-state index >= 15 is 0 Å². The van der Waals surface area contributed by atoms with E-state index < -0.39 is 6.10 Å². The van der Waals surface area contributed by atoms with Crippen LogP contribution in [0.4, 0.5) is 0 Å². The average molecular weight is 239 g/mol. The highest BCUT2D eigenvalue weighted by Gasteiger charge is 2.34. The molecule has 2 heterocycles. The van der Waals surface area contributed by atoms with Crippen LogP contribution < -0.4 is 5.32 Å². The Hall–Kier alpha value is -1.16. The second-order valence-corrected chi connectivity index (χ2v) is 4.67. The summed E-state index contributed by atoms with van der Waals surface area (Å²) in [5.41, 5.74) is -0.212. The van der Waals surface area contributed by atoms with E-state index in [0.717, 1.165) is 13.1 Å². The summed E-state index contributed by atoms with van der Waals surface area (Å²) < 4.78 is 10.8. The molecule has 0 spiro atoms. The topological polar surface area (TPSA) is 74.6 Å². The van der Waals surface area contributed by atoms with Crippen molar-refractivity contribution in [3.8, 4) is 6.07 Å². The lowest BCUT2D eigenvalue weighted by molar-refractivity contribution is -0.151. The Morgan fingerprint density at radius 2 is 2.47 bits per heavy atom. The smallest absolute Gasteiger partial charge is 0.248 e. The van der Waals surface area contributed by atoms with Gasteiger partial charge in [-0.1, -0.05) is 0 Å². The second-order valence-electron chi connectivity index (χ2n) is 4.67. The van der Waals surface area contributed by atoms with E-state index in [-0.39, 0.29) is 18.1 Å². The van der Waals surface area contributed by atoms with Gasteiger partial charge >= 0.3 is 0 Å². The number of ether oxygens (including phenoxy) is 2. The number of rotatable bonds is 3. The molecule has 2 rings (SSSR count). The molecule has 1 atom stereocenters. The molecule has 2 aliphatic rings. The van der Waals surface area contributed by atoms with Crippen molar-refractivity contribution in [3.63, 3.8) is 0 Å². The molecule has 94 valence electrons. The van der Waals surface area contributed by atoms with Crippen molar-refractivity contribution in [3.05, 3.63) is 0 Å². The SMILES string of the molecule is CC1(OCC(=O)N2CCOC(C#N)C2)CNC1.